The number of hydrogen-bond donors (Lipinski definition) is 0. The SMILES string of the molecule is CCCCCCCCC1(CCCCCCCC)c2cc(C)ccc2-c2ccc(-c3ccc(-c4ccc(-c5ccc(C)s5)c5nc(-c6cncc7ccccc67)c(-c6cncc7ccccc67)nc45)s3)cc21. The summed E-state index contributed by atoms with van der Waals surface area (Å²) in [6.07, 6.45) is 26.0. The van der Waals surface area contributed by atoms with Gasteiger partial charge in [0.1, 0.15) is 0 Å². The van der Waals surface area contributed by atoms with E-state index in [9.17, 15) is 0 Å². The van der Waals surface area contributed by atoms with Crippen molar-refractivity contribution in [2.24, 2.45) is 0 Å². The van der Waals surface area contributed by atoms with E-state index in [2.05, 4.69) is 149 Å². The minimum atomic E-state index is 0.0221. The standard InChI is InChI=1S/C65H64N4S2/c1-5-7-9-11-13-19-35-65(36-20-14-12-10-8-6-2)56-37-43(3)25-28-50(56)51-29-27-45(38-57(51)65)58-33-34-60(71-58)53-31-30-52(59-32-26-44(4)70-59)61-62(53)69-64(55-42-67-40-47-22-16-18-24-49(47)55)63(68-61)54-41-66-39-46-21-15-17-23-48(46)54/h15-18,21-34,37-42H,5-14,19-20,35-36H2,1-4H3. The van der Waals surface area contributed by atoms with Crippen molar-refractivity contribution in [1.82, 2.24) is 19.9 Å². The van der Waals surface area contributed by atoms with E-state index in [0.717, 1.165) is 66.2 Å². The summed E-state index contributed by atoms with van der Waals surface area (Å²) in [5.74, 6) is 0. The maximum Gasteiger partial charge on any atom is 0.0995 e. The number of thiophene rings is 2. The molecule has 1 aliphatic carbocycles. The molecule has 0 bridgehead atoms. The molecule has 0 N–H and O–H groups in total. The molecule has 5 heterocycles. The molecule has 0 saturated carbocycles. The molecule has 0 aliphatic heterocycles. The van der Waals surface area contributed by atoms with E-state index in [1.54, 1.807) is 22.5 Å². The van der Waals surface area contributed by atoms with Crippen LogP contribution >= 0.6 is 22.7 Å². The number of pyridine rings is 2. The lowest BCUT2D eigenvalue weighted by Gasteiger charge is -2.33. The lowest BCUT2D eigenvalue weighted by Crippen LogP contribution is -2.25. The maximum atomic E-state index is 5.81. The Morgan fingerprint density at radius 3 is 1.49 bits per heavy atom. The second kappa shape index (κ2) is 20.8. The molecule has 0 spiro atoms. The Balaban J connectivity index is 1.06. The van der Waals surface area contributed by atoms with Crippen molar-refractivity contribution < 1.29 is 0 Å². The summed E-state index contributed by atoms with van der Waals surface area (Å²) in [7, 11) is 0. The molecular formula is C65H64N4S2. The van der Waals surface area contributed by atoms with Crippen LogP contribution in [0.25, 0.3) is 97.5 Å². The van der Waals surface area contributed by atoms with E-state index in [1.165, 1.54) is 132 Å². The molecule has 11 rings (SSSR count). The van der Waals surface area contributed by atoms with Crippen molar-refractivity contribution in [1.29, 1.82) is 0 Å². The summed E-state index contributed by atoms with van der Waals surface area (Å²) in [4.78, 5) is 26.0. The fraction of sp³-hybridized carbons (Fsp3) is 0.292. The first-order valence-corrected chi connectivity index (χ1v) is 28.0. The van der Waals surface area contributed by atoms with Crippen LogP contribution in [0.3, 0.4) is 0 Å². The number of rotatable bonds is 19. The number of nitrogens with zero attached hydrogens (tertiary/aromatic N) is 4. The van der Waals surface area contributed by atoms with Crippen molar-refractivity contribution in [3.63, 3.8) is 0 Å². The van der Waals surface area contributed by atoms with Gasteiger partial charge >= 0.3 is 0 Å². The number of aromatic nitrogens is 4. The second-order valence-corrected chi connectivity index (χ2v) is 22.5. The minimum absolute atomic E-state index is 0.0221. The number of hydrogen-bond acceptors (Lipinski definition) is 6. The third kappa shape index (κ3) is 9.15. The number of fused-ring (bicyclic) bond motifs is 6. The Bertz CT molecular complexity index is 3500. The summed E-state index contributed by atoms with van der Waals surface area (Å²) in [5.41, 5.74) is 16.2. The highest BCUT2D eigenvalue weighted by molar-refractivity contribution is 7.19. The van der Waals surface area contributed by atoms with Gasteiger partial charge in [-0.05, 0) is 95.6 Å². The number of benzene rings is 5. The normalized spacial score (nSPS) is 12.8. The number of aryl methyl sites for hydroxylation is 2. The van der Waals surface area contributed by atoms with Gasteiger partial charge in [-0.15, -0.1) is 22.7 Å². The van der Waals surface area contributed by atoms with E-state index in [4.69, 9.17) is 19.9 Å². The molecule has 6 heteroatoms. The first kappa shape index (κ1) is 47.0. The average Bonchev–Trinajstić information content (AvgIpc) is 4.14. The van der Waals surface area contributed by atoms with Crippen LogP contribution in [0.4, 0.5) is 0 Å². The summed E-state index contributed by atoms with van der Waals surface area (Å²) >= 11 is 3.67. The van der Waals surface area contributed by atoms with Gasteiger partial charge in [0, 0.05) is 82.7 Å². The Morgan fingerprint density at radius 2 is 0.915 bits per heavy atom. The van der Waals surface area contributed by atoms with Crippen LogP contribution < -0.4 is 0 Å². The highest BCUT2D eigenvalue weighted by atomic mass is 32.1. The first-order chi connectivity index (χ1) is 34.9. The van der Waals surface area contributed by atoms with Crippen LogP contribution in [0.2, 0.25) is 0 Å². The van der Waals surface area contributed by atoms with Crippen molar-refractivity contribution >= 4 is 55.3 Å². The highest BCUT2D eigenvalue weighted by Crippen LogP contribution is 2.56. The van der Waals surface area contributed by atoms with E-state index in [-0.39, 0.29) is 5.41 Å². The van der Waals surface area contributed by atoms with Gasteiger partial charge in [-0.2, -0.15) is 0 Å². The molecule has 4 nitrogen and oxygen atoms in total. The molecule has 0 radical (unpaired) electrons. The molecular weight excluding hydrogens is 901 g/mol. The fourth-order valence-electron chi connectivity index (χ4n) is 11.6. The first-order valence-electron chi connectivity index (χ1n) is 26.4. The van der Waals surface area contributed by atoms with Crippen LogP contribution in [0.1, 0.15) is 125 Å². The summed E-state index contributed by atoms with van der Waals surface area (Å²) in [6.45, 7) is 9.10. The van der Waals surface area contributed by atoms with Gasteiger partial charge in [-0.1, -0.05) is 187 Å². The Morgan fingerprint density at radius 1 is 0.423 bits per heavy atom. The van der Waals surface area contributed by atoms with E-state index < -0.39 is 0 Å². The number of unbranched alkanes of at least 4 members (excludes halogenated alkanes) is 10. The zero-order valence-electron chi connectivity index (χ0n) is 41.9. The summed E-state index contributed by atoms with van der Waals surface area (Å²) in [5, 5.41) is 4.31. The highest BCUT2D eigenvalue weighted by Gasteiger charge is 2.42. The molecule has 1 aliphatic rings. The van der Waals surface area contributed by atoms with Gasteiger partial charge in [-0.25, -0.2) is 9.97 Å². The van der Waals surface area contributed by atoms with Crippen LogP contribution in [-0.2, 0) is 5.41 Å². The average molecular weight is 965 g/mol. The predicted octanol–water partition coefficient (Wildman–Crippen LogP) is 19.6. The van der Waals surface area contributed by atoms with Gasteiger partial charge in [0.2, 0.25) is 0 Å². The molecule has 71 heavy (non-hydrogen) atoms. The van der Waals surface area contributed by atoms with Gasteiger partial charge in [0.25, 0.3) is 0 Å². The van der Waals surface area contributed by atoms with E-state index in [0.29, 0.717) is 0 Å². The summed E-state index contributed by atoms with van der Waals surface area (Å²) in [6, 6.07) is 45.3. The topological polar surface area (TPSA) is 51.6 Å². The lowest BCUT2D eigenvalue weighted by molar-refractivity contribution is 0.398. The zero-order valence-corrected chi connectivity index (χ0v) is 43.5. The molecule has 0 unspecified atom stereocenters. The monoisotopic (exact) mass is 964 g/mol. The zero-order chi connectivity index (χ0) is 48.3. The Labute approximate surface area is 428 Å². The van der Waals surface area contributed by atoms with Crippen LogP contribution in [0.15, 0.2) is 146 Å². The lowest BCUT2D eigenvalue weighted by atomic mass is 9.70. The van der Waals surface area contributed by atoms with Crippen molar-refractivity contribution in [2.75, 3.05) is 0 Å². The maximum absolute atomic E-state index is 5.81. The van der Waals surface area contributed by atoms with E-state index >= 15 is 0 Å². The van der Waals surface area contributed by atoms with Crippen molar-refractivity contribution in [3.8, 4) is 65.0 Å². The summed E-state index contributed by atoms with van der Waals surface area (Å²) < 4.78 is 0. The quantitative estimate of drug-likeness (QED) is 0.0758. The predicted molar refractivity (Wildman–Crippen MR) is 305 cm³/mol. The van der Waals surface area contributed by atoms with Crippen LogP contribution in [0, 0.1) is 13.8 Å². The molecule has 5 aromatic heterocycles. The molecule has 5 aromatic carbocycles. The van der Waals surface area contributed by atoms with Crippen LogP contribution in [-0.4, -0.2) is 19.9 Å². The minimum Gasteiger partial charge on any atom is -0.263 e. The second-order valence-electron chi connectivity index (χ2n) is 20.1. The molecule has 0 amide bonds. The van der Waals surface area contributed by atoms with Crippen molar-refractivity contribution in [2.45, 2.75) is 123 Å². The smallest absolute Gasteiger partial charge is 0.0995 e. The molecule has 0 atom stereocenters. The van der Waals surface area contributed by atoms with E-state index in [1.807, 2.05) is 36.1 Å². The molecule has 10 aromatic rings. The molecule has 0 saturated heterocycles. The fourth-order valence-corrected chi connectivity index (χ4v) is 13.5. The van der Waals surface area contributed by atoms with Crippen molar-refractivity contribution in [3.05, 3.63) is 168 Å². The third-order valence-electron chi connectivity index (χ3n) is 15.3. The third-order valence-corrected chi connectivity index (χ3v) is 17.5. The van der Waals surface area contributed by atoms with Gasteiger partial charge in [0.05, 0.1) is 22.4 Å². The molecule has 0 fully saturated rings. The Kier molecular flexibility index (Phi) is 13.8. The Hall–Kier alpha value is -6.34. The van der Waals surface area contributed by atoms with Crippen LogP contribution in [0.5, 0.6) is 0 Å². The van der Waals surface area contributed by atoms with Gasteiger partial charge in [-0.3, -0.25) is 9.97 Å². The van der Waals surface area contributed by atoms with Gasteiger partial charge < -0.3 is 0 Å². The largest absolute Gasteiger partial charge is 0.263 e. The molecule has 356 valence electrons. The van der Waals surface area contributed by atoms with Gasteiger partial charge in [0.15, 0.2) is 0 Å².